The Morgan fingerprint density at radius 3 is 3.00 bits per heavy atom. The molecule has 1 amide bonds. The number of aryl methyl sites for hydroxylation is 1. The number of carbonyl (C=O) groups is 1. The first-order valence-corrected chi connectivity index (χ1v) is 4.53. The summed E-state index contributed by atoms with van der Waals surface area (Å²) < 4.78 is 1.61. The minimum atomic E-state index is -0.424. The van der Waals surface area contributed by atoms with Crippen molar-refractivity contribution < 1.29 is 4.79 Å². The summed E-state index contributed by atoms with van der Waals surface area (Å²) in [5.74, 6) is 5.03. The van der Waals surface area contributed by atoms with Crippen molar-refractivity contribution in [2.24, 2.45) is 5.84 Å². The Hall–Kier alpha value is -1.56. The van der Waals surface area contributed by atoms with E-state index in [1.165, 1.54) is 6.07 Å². The van der Waals surface area contributed by atoms with Crippen molar-refractivity contribution in [3.63, 3.8) is 0 Å². The van der Waals surface area contributed by atoms with Gasteiger partial charge in [-0.15, -0.1) is 0 Å². The van der Waals surface area contributed by atoms with E-state index in [0.717, 1.165) is 19.4 Å². The second-order valence-corrected chi connectivity index (χ2v) is 3.00. The van der Waals surface area contributed by atoms with Crippen LogP contribution in [0.2, 0.25) is 0 Å². The first-order valence-electron chi connectivity index (χ1n) is 4.53. The number of anilines is 1. The number of nitrogens with one attached hydrogen (secondary N) is 1. The molecule has 1 rings (SSSR count). The average molecular weight is 197 g/mol. The Kier molecular flexibility index (Phi) is 3.47. The van der Waals surface area contributed by atoms with Crippen LogP contribution in [0.15, 0.2) is 6.07 Å². The van der Waals surface area contributed by atoms with E-state index in [-0.39, 0.29) is 5.69 Å². The molecule has 6 nitrogen and oxygen atoms in total. The summed E-state index contributed by atoms with van der Waals surface area (Å²) in [4.78, 5) is 11.1. The van der Waals surface area contributed by atoms with Gasteiger partial charge >= 0.3 is 0 Å². The van der Waals surface area contributed by atoms with Crippen LogP contribution >= 0.6 is 0 Å². The normalized spacial score (nSPS) is 10.1. The molecule has 0 saturated heterocycles. The molecule has 0 spiro atoms. The van der Waals surface area contributed by atoms with Crippen molar-refractivity contribution >= 4 is 11.7 Å². The van der Waals surface area contributed by atoms with E-state index < -0.39 is 5.91 Å². The fourth-order valence-corrected chi connectivity index (χ4v) is 1.10. The minimum Gasteiger partial charge on any atom is -0.384 e. The van der Waals surface area contributed by atoms with Crippen molar-refractivity contribution in [3.8, 4) is 0 Å². The van der Waals surface area contributed by atoms with Crippen molar-refractivity contribution in [3.05, 3.63) is 11.8 Å². The standard InChI is InChI=1S/C8H15N5O/c1-2-3-4-13-7(9)5-6(12-13)8(14)11-10/h5H,2-4,9-10H2,1H3,(H,11,14). The Bertz CT molecular complexity index is 320. The molecule has 0 aromatic carbocycles. The number of unbranched alkanes of at least 4 members (excludes halogenated alkanes) is 1. The van der Waals surface area contributed by atoms with E-state index in [0.29, 0.717) is 5.82 Å². The third-order valence-electron chi connectivity index (χ3n) is 1.90. The smallest absolute Gasteiger partial charge is 0.285 e. The maximum absolute atomic E-state index is 11.1. The first-order chi connectivity index (χ1) is 6.69. The van der Waals surface area contributed by atoms with Crippen LogP contribution in [0.1, 0.15) is 30.3 Å². The van der Waals surface area contributed by atoms with Gasteiger partial charge in [-0.25, -0.2) is 10.5 Å². The Balaban J connectivity index is 2.76. The third kappa shape index (κ3) is 2.23. The molecule has 0 aliphatic carbocycles. The lowest BCUT2D eigenvalue weighted by Crippen LogP contribution is -2.30. The lowest BCUT2D eigenvalue weighted by atomic mass is 10.3. The van der Waals surface area contributed by atoms with Crippen LogP contribution in [0.5, 0.6) is 0 Å². The average Bonchev–Trinajstić information content (AvgIpc) is 2.56. The maximum atomic E-state index is 11.1. The third-order valence-corrected chi connectivity index (χ3v) is 1.90. The van der Waals surface area contributed by atoms with Crippen molar-refractivity contribution in [2.75, 3.05) is 5.73 Å². The highest BCUT2D eigenvalue weighted by molar-refractivity contribution is 5.92. The van der Waals surface area contributed by atoms with Crippen LogP contribution in [0.3, 0.4) is 0 Å². The van der Waals surface area contributed by atoms with Gasteiger partial charge in [0, 0.05) is 12.6 Å². The van der Waals surface area contributed by atoms with Gasteiger partial charge in [-0.3, -0.25) is 10.2 Å². The zero-order chi connectivity index (χ0) is 10.6. The van der Waals surface area contributed by atoms with Crippen LogP contribution in [0, 0.1) is 0 Å². The number of nitrogen functional groups attached to an aromatic ring is 2. The van der Waals surface area contributed by atoms with E-state index in [4.69, 9.17) is 11.6 Å². The number of nitrogens with two attached hydrogens (primary N) is 2. The van der Waals surface area contributed by atoms with E-state index in [1.54, 1.807) is 4.68 Å². The zero-order valence-electron chi connectivity index (χ0n) is 8.16. The summed E-state index contributed by atoms with van der Waals surface area (Å²) in [6.07, 6.45) is 2.04. The predicted molar refractivity (Wildman–Crippen MR) is 53.2 cm³/mol. The Morgan fingerprint density at radius 1 is 1.71 bits per heavy atom. The molecule has 5 N–H and O–H groups in total. The van der Waals surface area contributed by atoms with Gasteiger partial charge in [-0.1, -0.05) is 13.3 Å². The van der Waals surface area contributed by atoms with Gasteiger partial charge in [-0.05, 0) is 6.42 Å². The summed E-state index contributed by atoms with van der Waals surface area (Å²) in [7, 11) is 0. The molecule has 0 aliphatic heterocycles. The molecule has 0 bridgehead atoms. The number of carbonyl (C=O) groups excluding carboxylic acids is 1. The minimum absolute atomic E-state index is 0.251. The maximum Gasteiger partial charge on any atom is 0.285 e. The highest BCUT2D eigenvalue weighted by Gasteiger charge is 2.10. The summed E-state index contributed by atoms with van der Waals surface area (Å²) in [5.41, 5.74) is 7.91. The number of nitrogens with zero attached hydrogens (tertiary/aromatic N) is 2. The van der Waals surface area contributed by atoms with Gasteiger partial charge in [0.2, 0.25) is 0 Å². The topological polar surface area (TPSA) is 99.0 Å². The van der Waals surface area contributed by atoms with E-state index >= 15 is 0 Å². The van der Waals surface area contributed by atoms with Crippen LogP contribution < -0.4 is 17.0 Å². The molecule has 78 valence electrons. The van der Waals surface area contributed by atoms with Crippen molar-refractivity contribution in [2.45, 2.75) is 26.3 Å². The zero-order valence-corrected chi connectivity index (χ0v) is 8.16. The quantitative estimate of drug-likeness (QED) is 0.355. The SMILES string of the molecule is CCCCn1nc(C(=O)NN)cc1N. The highest BCUT2D eigenvalue weighted by atomic mass is 16.2. The molecule has 14 heavy (non-hydrogen) atoms. The van der Waals surface area contributed by atoms with Crippen LogP contribution in [0.25, 0.3) is 0 Å². The molecule has 6 heteroatoms. The Labute approximate surface area is 82.2 Å². The molecule has 0 fully saturated rings. The monoisotopic (exact) mass is 197 g/mol. The summed E-state index contributed by atoms with van der Waals surface area (Å²) in [6, 6.07) is 1.51. The number of hydrogen-bond acceptors (Lipinski definition) is 4. The van der Waals surface area contributed by atoms with E-state index in [2.05, 4.69) is 12.0 Å². The Morgan fingerprint density at radius 2 is 2.43 bits per heavy atom. The second-order valence-electron chi connectivity index (χ2n) is 3.00. The summed E-state index contributed by atoms with van der Waals surface area (Å²) >= 11 is 0. The summed E-state index contributed by atoms with van der Waals surface area (Å²) in [5, 5.41) is 4.02. The molecule has 0 atom stereocenters. The molecule has 1 heterocycles. The number of aromatic nitrogens is 2. The first kappa shape index (κ1) is 10.5. The van der Waals surface area contributed by atoms with Gasteiger partial charge in [0.1, 0.15) is 5.82 Å². The van der Waals surface area contributed by atoms with Gasteiger partial charge in [0.15, 0.2) is 5.69 Å². The molecule has 1 aromatic rings. The molecule has 1 aromatic heterocycles. The summed E-state index contributed by atoms with van der Waals surface area (Å²) in [6.45, 7) is 2.80. The van der Waals surface area contributed by atoms with Gasteiger partial charge in [-0.2, -0.15) is 5.10 Å². The largest absolute Gasteiger partial charge is 0.384 e. The predicted octanol–water partition coefficient (Wildman–Crippen LogP) is -0.131. The van der Waals surface area contributed by atoms with Gasteiger partial charge in [0.25, 0.3) is 5.91 Å². The molecular formula is C8H15N5O. The van der Waals surface area contributed by atoms with Crippen LogP contribution in [-0.2, 0) is 6.54 Å². The number of hydrogen-bond donors (Lipinski definition) is 3. The number of hydrazine groups is 1. The van der Waals surface area contributed by atoms with E-state index in [9.17, 15) is 4.79 Å². The number of amides is 1. The molecule has 0 saturated carbocycles. The lowest BCUT2D eigenvalue weighted by molar-refractivity contribution is 0.0948. The van der Waals surface area contributed by atoms with Gasteiger partial charge in [0.05, 0.1) is 0 Å². The highest BCUT2D eigenvalue weighted by Crippen LogP contribution is 2.07. The fraction of sp³-hybridized carbons (Fsp3) is 0.500. The molecule has 0 unspecified atom stereocenters. The van der Waals surface area contributed by atoms with E-state index in [1.807, 2.05) is 5.43 Å². The number of rotatable bonds is 4. The molecule has 0 aliphatic rings. The van der Waals surface area contributed by atoms with Crippen LogP contribution in [0.4, 0.5) is 5.82 Å². The van der Waals surface area contributed by atoms with Gasteiger partial charge < -0.3 is 5.73 Å². The molecule has 0 radical (unpaired) electrons. The lowest BCUT2D eigenvalue weighted by Gasteiger charge is -2.00. The van der Waals surface area contributed by atoms with Crippen molar-refractivity contribution in [1.82, 2.24) is 15.2 Å². The molecular weight excluding hydrogens is 182 g/mol. The van der Waals surface area contributed by atoms with Crippen LogP contribution in [-0.4, -0.2) is 15.7 Å². The van der Waals surface area contributed by atoms with Crippen molar-refractivity contribution in [1.29, 1.82) is 0 Å². The fourth-order valence-electron chi connectivity index (χ4n) is 1.10. The second kappa shape index (κ2) is 4.61.